The number of rotatable bonds is 5. The van der Waals surface area contributed by atoms with Gasteiger partial charge in [0.1, 0.15) is 0 Å². The van der Waals surface area contributed by atoms with E-state index < -0.39 is 0 Å². The molecule has 3 rings (SSSR count). The van der Waals surface area contributed by atoms with E-state index in [0.717, 1.165) is 17.4 Å². The maximum Gasteiger partial charge on any atom is 0.0124 e. The zero-order chi connectivity index (χ0) is 12.3. The lowest BCUT2D eigenvalue weighted by Gasteiger charge is -2.52. The van der Waals surface area contributed by atoms with Crippen molar-refractivity contribution in [2.75, 3.05) is 6.54 Å². The van der Waals surface area contributed by atoms with Gasteiger partial charge in [0.15, 0.2) is 0 Å². The lowest BCUT2D eigenvalue weighted by atomic mass is 9.57. The predicted molar refractivity (Wildman–Crippen MR) is 77.7 cm³/mol. The Bertz CT molecular complexity index is 248. The highest BCUT2D eigenvalue weighted by Gasteiger charge is 2.46. The third-order valence-electron chi connectivity index (χ3n) is 6.17. The van der Waals surface area contributed by atoms with Crippen molar-refractivity contribution < 1.29 is 0 Å². The maximum absolute atomic E-state index is 3.90. The van der Waals surface area contributed by atoms with E-state index in [1.165, 1.54) is 90.0 Å². The summed E-state index contributed by atoms with van der Waals surface area (Å²) in [7, 11) is 0. The summed E-state index contributed by atoms with van der Waals surface area (Å²) in [6, 6.07) is 0.890. The van der Waals surface area contributed by atoms with Crippen LogP contribution in [0.2, 0.25) is 0 Å². The van der Waals surface area contributed by atoms with E-state index in [-0.39, 0.29) is 0 Å². The summed E-state index contributed by atoms with van der Waals surface area (Å²) in [6.07, 6.45) is 19.5. The molecule has 0 aromatic rings. The van der Waals surface area contributed by atoms with Crippen molar-refractivity contribution in [3.05, 3.63) is 0 Å². The van der Waals surface area contributed by atoms with Crippen LogP contribution in [0, 0.1) is 11.3 Å². The number of hydrogen-bond acceptors (Lipinski definition) is 1. The van der Waals surface area contributed by atoms with Gasteiger partial charge < -0.3 is 5.32 Å². The third-order valence-corrected chi connectivity index (χ3v) is 6.17. The van der Waals surface area contributed by atoms with Gasteiger partial charge in [0, 0.05) is 6.04 Å². The lowest BCUT2D eigenvalue weighted by molar-refractivity contribution is 0.0230. The van der Waals surface area contributed by atoms with E-state index in [1.807, 2.05) is 0 Å². The molecule has 3 saturated carbocycles. The van der Waals surface area contributed by atoms with Gasteiger partial charge in [-0.2, -0.15) is 0 Å². The van der Waals surface area contributed by atoms with Crippen LogP contribution in [0.25, 0.3) is 0 Å². The van der Waals surface area contributed by atoms with Gasteiger partial charge in [-0.15, -0.1) is 0 Å². The van der Waals surface area contributed by atoms with Crippen LogP contribution in [0.5, 0.6) is 0 Å². The molecule has 3 aliphatic rings. The topological polar surface area (TPSA) is 12.0 Å². The summed E-state index contributed by atoms with van der Waals surface area (Å²) in [6.45, 7) is 1.29. The lowest BCUT2D eigenvalue weighted by Crippen LogP contribution is -2.54. The number of hydrogen-bond donors (Lipinski definition) is 1. The second kappa shape index (κ2) is 5.94. The molecule has 0 heterocycles. The fourth-order valence-corrected chi connectivity index (χ4v) is 4.84. The average Bonchev–Trinajstić information content (AvgIpc) is 2.91. The largest absolute Gasteiger partial charge is 0.313 e. The van der Waals surface area contributed by atoms with Crippen molar-refractivity contribution in [3.63, 3.8) is 0 Å². The molecule has 18 heavy (non-hydrogen) atoms. The first-order valence-electron chi connectivity index (χ1n) is 8.62. The van der Waals surface area contributed by atoms with Crippen molar-refractivity contribution in [3.8, 4) is 0 Å². The molecule has 0 radical (unpaired) electrons. The first kappa shape index (κ1) is 13.0. The van der Waals surface area contributed by atoms with E-state index >= 15 is 0 Å². The monoisotopic (exact) mass is 249 g/mol. The van der Waals surface area contributed by atoms with E-state index in [1.54, 1.807) is 0 Å². The molecule has 1 heteroatoms. The summed E-state index contributed by atoms with van der Waals surface area (Å²) in [5, 5.41) is 3.90. The summed E-state index contributed by atoms with van der Waals surface area (Å²) in [5.74, 6) is 1.08. The predicted octanol–water partition coefficient (Wildman–Crippen LogP) is 4.66. The average molecular weight is 249 g/mol. The van der Waals surface area contributed by atoms with E-state index in [4.69, 9.17) is 0 Å². The molecule has 0 aromatic carbocycles. The van der Waals surface area contributed by atoms with Crippen LogP contribution in [0.1, 0.15) is 83.5 Å². The van der Waals surface area contributed by atoms with Crippen molar-refractivity contribution >= 4 is 0 Å². The Labute approximate surface area is 113 Å². The highest BCUT2D eigenvalue weighted by molar-refractivity contribution is 5.01. The first-order chi connectivity index (χ1) is 8.89. The molecule has 1 spiro atoms. The smallest absolute Gasteiger partial charge is 0.0124 e. The Hall–Kier alpha value is -0.0400. The van der Waals surface area contributed by atoms with Crippen LogP contribution < -0.4 is 5.32 Å². The third kappa shape index (κ3) is 2.76. The highest BCUT2D eigenvalue weighted by atomic mass is 15.0. The molecule has 104 valence electrons. The molecule has 1 unspecified atom stereocenters. The Morgan fingerprint density at radius 3 is 2.28 bits per heavy atom. The second-order valence-corrected chi connectivity index (χ2v) is 7.26. The molecule has 3 aliphatic carbocycles. The van der Waals surface area contributed by atoms with Gasteiger partial charge in [0.05, 0.1) is 0 Å². The SMILES string of the molecule is C1CCC2(CC1)CCC2NCCCC1CCCC1. The Kier molecular flexibility index (Phi) is 4.28. The molecular formula is C17H31N. The number of nitrogens with one attached hydrogen (secondary N) is 1. The first-order valence-corrected chi connectivity index (χ1v) is 8.62. The van der Waals surface area contributed by atoms with Crippen LogP contribution in [-0.4, -0.2) is 12.6 Å². The van der Waals surface area contributed by atoms with Gasteiger partial charge in [-0.3, -0.25) is 0 Å². The van der Waals surface area contributed by atoms with Crippen LogP contribution in [0.4, 0.5) is 0 Å². The summed E-state index contributed by atoms with van der Waals surface area (Å²) >= 11 is 0. The Morgan fingerprint density at radius 2 is 1.61 bits per heavy atom. The molecule has 0 aromatic heterocycles. The van der Waals surface area contributed by atoms with Crippen molar-refractivity contribution in [1.29, 1.82) is 0 Å². The van der Waals surface area contributed by atoms with Gasteiger partial charge in [-0.05, 0) is 56.4 Å². The molecule has 3 fully saturated rings. The van der Waals surface area contributed by atoms with Crippen LogP contribution in [-0.2, 0) is 0 Å². The summed E-state index contributed by atoms with van der Waals surface area (Å²) in [4.78, 5) is 0. The van der Waals surface area contributed by atoms with Crippen LogP contribution in [0.15, 0.2) is 0 Å². The normalized spacial score (nSPS) is 31.7. The molecule has 1 nitrogen and oxygen atoms in total. The Morgan fingerprint density at radius 1 is 0.833 bits per heavy atom. The van der Waals surface area contributed by atoms with Gasteiger partial charge >= 0.3 is 0 Å². The maximum atomic E-state index is 3.90. The van der Waals surface area contributed by atoms with Gasteiger partial charge in [-0.1, -0.05) is 44.9 Å². The fourth-order valence-electron chi connectivity index (χ4n) is 4.84. The van der Waals surface area contributed by atoms with Gasteiger partial charge in [0.25, 0.3) is 0 Å². The summed E-state index contributed by atoms with van der Waals surface area (Å²) < 4.78 is 0. The molecule has 1 atom stereocenters. The zero-order valence-electron chi connectivity index (χ0n) is 12.1. The van der Waals surface area contributed by atoms with Crippen molar-refractivity contribution in [2.24, 2.45) is 11.3 Å². The van der Waals surface area contributed by atoms with E-state index in [9.17, 15) is 0 Å². The van der Waals surface area contributed by atoms with Crippen LogP contribution in [0.3, 0.4) is 0 Å². The molecule has 0 bridgehead atoms. The minimum absolute atomic E-state index is 0.756. The highest BCUT2D eigenvalue weighted by Crippen LogP contribution is 2.51. The quantitative estimate of drug-likeness (QED) is 0.699. The minimum atomic E-state index is 0.756. The minimum Gasteiger partial charge on any atom is -0.313 e. The molecule has 0 aliphatic heterocycles. The molecule has 0 amide bonds. The Balaban J connectivity index is 1.33. The molecular weight excluding hydrogens is 218 g/mol. The molecule has 0 saturated heterocycles. The van der Waals surface area contributed by atoms with Crippen LogP contribution >= 0.6 is 0 Å². The van der Waals surface area contributed by atoms with Crippen molar-refractivity contribution in [1.82, 2.24) is 5.32 Å². The van der Waals surface area contributed by atoms with Gasteiger partial charge in [-0.25, -0.2) is 0 Å². The summed E-state index contributed by atoms with van der Waals surface area (Å²) in [5.41, 5.74) is 0.756. The van der Waals surface area contributed by atoms with E-state index in [0.29, 0.717) is 0 Å². The van der Waals surface area contributed by atoms with Crippen molar-refractivity contribution in [2.45, 2.75) is 89.5 Å². The fraction of sp³-hybridized carbons (Fsp3) is 1.00. The second-order valence-electron chi connectivity index (χ2n) is 7.26. The standard InChI is InChI=1S/C17H31N/c1-4-11-17(12-5-1)13-10-16(17)18-14-6-9-15-7-2-3-8-15/h15-16,18H,1-14H2. The van der Waals surface area contributed by atoms with Gasteiger partial charge in [0.2, 0.25) is 0 Å². The zero-order valence-corrected chi connectivity index (χ0v) is 12.1. The van der Waals surface area contributed by atoms with E-state index in [2.05, 4.69) is 5.32 Å². The molecule has 1 N–H and O–H groups in total.